The molecule has 0 aliphatic carbocycles. The minimum atomic E-state index is -0.371. The van der Waals surface area contributed by atoms with Crippen LogP contribution in [0, 0.1) is 0 Å². The molecule has 1 fully saturated rings. The molecule has 2 atom stereocenters. The summed E-state index contributed by atoms with van der Waals surface area (Å²) in [4.78, 5) is 20.9. The van der Waals surface area contributed by atoms with Crippen molar-refractivity contribution in [2.75, 3.05) is 13.1 Å². The first-order valence-corrected chi connectivity index (χ1v) is 3.70. The quantitative estimate of drug-likeness (QED) is 0.385. The van der Waals surface area contributed by atoms with Crippen LogP contribution >= 0.6 is 0 Å². The minimum Gasteiger partial charge on any atom is -0.313 e. The van der Waals surface area contributed by atoms with E-state index in [2.05, 4.69) is 10.6 Å². The third kappa shape index (κ3) is 2.10. The van der Waals surface area contributed by atoms with Crippen molar-refractivity contribution in [2.24, 2.45) is 0 Å². The summed E-state index contributed by atoms with van der Waals surface area (Å²) in [5.74, 6) is -0.371. The van der Waals surface area contributed by atoms with E-state index in [0.29, 0.717) is 12.8 Å². The van der Waals surface area contributed by atoms with Gasteiger partial charge in [-0.05, 0) is 6.92 Å². The van der Waals surface area contributed by atoms with Crippen molar-refractivity contribution in [1.82, 2.24) is 10.6 Å². The second-order valence-corrected chi connectivity index (χ2v) is 2.80. The van der Waals surface area contributed by atoms with E-state index < -0.39 is 0 Å². The lowest BCUT2D eigenvalue weighted by atomic mass is 10.1. The Morgan fingerprint density at radius 2 is 2.27 bits per heavy atom. The summed E-state index contributed by atoms with van der Waals surface area (Å²) in [7, 11) is 0. The third-order valence-electron chi connectivity index (χ3n) is 1.74. The molecule has 1 saturated heterocycles. The van der Waals surface area contributed by atoms with E-state index >= 15 is 0 Å². The van der Waals surface area contributed by atoms with Gasteiger partial charge in [-0.1, -0.05) is 0 Å². The number of hydrogen-bond acceptors (Lipinski definition) is 4. The highest BCUT2D eigenvalue weighted by atomic mass is 16.2. The highest BCUT2D eigenvalue weighted by molar-refractivity contribution is 6.27. The lowest BCUT2D eigenvalue weighted by molar-refractivity contribution is -0.131. The van der Waals surface area contributed by atoms with Gasteiger partial charge in [-0.3, -0.25) is 9.59 Å². The highest BCUT2D eigenvalue weighted by Gasteiger charge is 2.22. The molecular formula is C7H12N2O2. The first-order chi connectivity index (χ1) is 5.24. The van der Waals surface area contributed by atoms with Crippen molar-refractivity contribution >= 4 is 12.1 Å². The van der Waals surface area contributed by atoms with Crippen LogP contribution in [0.15, 0.2) is 0 Å². The van der Waals surface area contributed by atoms with Crippen molar-refractivity contribution in [3.63, 3.8) is 0 Å². The van der Waals surface area contributed by atoms with Gasteiger partial charge in [0.2, 0.25) is 5.78 Å². The molecule has 2 N–H and O–H groups in total. The summed E-state index contributed by atoms with van der Waals surface area (Å²) >= 11 is 0. The number of piperazine rings is 1. The Balaban J connectivity index is 2.45. The van der Waals surface area contributed by atoms with Gasteiger partial charge in [0.25, 0.3) is 0 Å². The second kappa shape index (κ2) is 3.59. The lowest BCUT2D eigenvalue weighted by Gasteiger charge is -2.27. The molecule has 0 aromatic carbocycles. The topological polar surface area (TPSA) is 58.2 Å². The maximum Gasteiger partial charge on any atom is 0.213 e. The molecule has 4 nitrogen and oxygen atoms in total. The van der Waals surface area contributed by atoms with E-state index in [1.165, 1.54) is 0 Å². The van der Waals surface area contributed by atoms with Gasteiger partial charge in [0, 0.05) is 19.1 Å². The van der Waals surface area contributed by atoms with Crippen LogP contribution in [0.3, 0.4) is 0 Å². The molecule has 0 bridgehead atoms. The van der Waals surface area contributed by atoms with Crippen LogP contribution in [0.25, 0.3) is 0 Å². The van der Waals surface area contributed by atoms with E-state index in [9.17, 15) is 9.59 Å². The number of rotatable bonds is 2. The predicted molar refractivity (Wildman–Crippen MR) is 40.3 cm³/mol. The Morgan fingerprint density at radius 1 is 1.55 bits per heavy atom. The number of carbonyl (C=O) groups excluding carboxylic acids is 2. The van der Waals surface area contributed by atoms with Crippen molar-refractivity contribution < 1.29 is 9.59 Å². The Morgan fingerprint density at radius 3 is 2.82 bits per heavy atom. The van der Waals surface area contributed by atoms with Gasteiger partial charge in [-0.15, -0.1) is 0 Å². The second-order valence-electron chi connectivity index (χ2n) is 2.80. The van der Waals surface area contributed by atoms with Gasteiger partial charge < -0.3 is 10.6 Å². The first-order valence-electron chi connectivity index (χ1n) is 3.70. The summed E-state index contributed by atoms with van der Waals surface area (Å²) in [5.41, 5.74) is 0. The van der Waals surface area contributed by atoms with Gasteiger partial charge >= 0.3 is 0 Å². The molecule has 1 rings (SSSR count). The molecule has 1 aliphatic heterocycles. The van der Waals surface area contributed by atoms with Gasteiger partial charge in [0.05, 0.1) is 6.04 Å². The Bertz CT molecular complexity index is 170. The summed E-state index contributed by atoms with van der Waals surface area (Å²) in [5, 5.41) is 6.08. The van der Waals surface area contributed by atoms with E-state index in [1.807, 2.05) is 6.92 Å². The van der Waals surface area contributed by atoms with Gasteiger partial charge in [-0.2, -0.15) is 0 Å². The predicted octanol–water partition coefficient (Wildman–Crippen LogP) is -1.30. The molecule has 1 heterocycles. The third-order valence-corrected chi connectivity index (χ3v) is 1.74. The zero-order chi connectivity index (χ0) is 8.27. The fourth-order valence-corrected chi connectivity index (χ4v) is 1.17. The molecular weight excluding hydrogens is 144 g/mol. The van der Waals surface area contributed by atoms with Crippen molar-refractivity contribution in [2.45, 2.75) is 19.0 Å². The van der Waals surface area contributed by atoms with E-state index in [0.717, 1.165) is 6.54 Å². The Kier molecular flexibility index (Phi) is 2.73. The number of aldehydes is 1. The molecule has 0 radical (unpaired) electrons. The number of ketones is 1. The summed E-state index contributed by atoms with van der Waals surface area (Å²) < 4.78 is 0. The SMILES string of the molecule is CC1CNCC(C(=O)C=O)N1. The monoisotopic (exact) mass is 156 g/mol. The summed E-state index contributed by atoms with van der Waals surface area (Å²) in [6.45, 7) is 3.38. The Labute approximate surface area is 65.3 Å². The molecule has 0 aromatic rings. The summed E-state index contributed by atoms with van der Waals surface area (Å²) in [6.07, 6.45) is 0.372. The highest BCUT2D eigenvalue weighted by Crippen LogP contribution is 1.93. The number of Topliss-reactive ketones (excluding diaryl/α,β-unsaturated/α-hetero) is 1. The molecule has 0 aromatic heterocycles. The molecule has 1 aliphatic rings. The molecule has 0 saturated carbocycles. The smallest absolute Gasteiger partial charge is 0.213 e. The normalized spacial score (nSPS) is 31.4. The lowest BCUT2D eigenvalue weighted by Crippen LogP contribution is -2.57. The van der Waals surface area contributed by atoms with Crippen LogP contribution in [0.5, 0.6) is 0 Å². The van der Waals surface area contributed by atoms with Crippen LogP contribution in [-0.2, 0) is 9.59 Å². The Hall–Kier alpha value is -0.740. The first kappa shape index (κ1) is 8.36. The number of hydrogen-bond donors (Lipinski definition) is 2. The van der Waals surface area contributed by atoms with Gasteiger partial charge in [0.1, 0.15) is 0 Å². The average Bonchev–Trinajstić information content (AvgIpc) is 2.03. The molecule has 2 unspecified atom stereocenters. The maximum absolute atomic E-state index is 10.8. The largest absolute Gasteiger partial charge is 0.313 e. The van der Waals surface area contributed by atoms with Gasteiger partial charge in [-0.25, -0.2) is 0 Å². The molecule has 0 spiro atoms. The van der Waals surface area contributed by atoms with Crippen LogP contribution in [0.2, 0.25) is 0 Å². The van der Waals surface area contributed by atoms with Crippen LogP contribution in [-0.4, -0.2) is 37.2 Å². The van der Waals surface area contributed by atoms with Gasteiger partial charge in [0.15, 0.2) is 6.29 Å². The summed E-state index contributed by atoms with van der Waals surface area (Å²) in [6, 6.07) is -0.0612. The van der Waals surface area contributed by atoms with Crippen LogP contribution < -0.4 is 10.6 Å². The van der Waals surface area contributed by atoms with E-state index in [4.69, 9.17) is 0 Å². The number of carbonyl (C=O) groups is 2. The zero-order valence-corrected chi connectivity index (χ0v) is 6.46. The fourth-order valence-electron chi connectivity index (χ4n) is 1.17. The molecule has 0 amide bonds. The maximum atomic E-state index is 10.8. The molecule has 4 heteroatoms. The molecule has 11 heavy (non-hydrogen) atoms. The molecule has 62 valence electrons. The van der Waals surface area contributed by atoms with Crippen LogP contribution in [0.1, 0.15) is 6.92 Å². The standard InChI is InChI=1S/C7H12N2O2/c1-5-2-8-3-6(9-5)7(11)4-10/h4-6,8-9H,2-3H2,1H3. The van der Waals surface area contributed by atoms with Crippen molar-refractivity contribution in [1.29, 1.82) is 0 Å². The van der Waals surface area contributed by atoms with Crippen molar-refractivity contribution in [3.8, 4) is 0 Å². The van der Waals surface area contributed by atoms with E-state index in [1.54, 1.807) is 0 Å². The minimum absolute atomic E-state index is 0.262. The fraction of sp³-hybridized carbons (Fsp3) is 0.714. The zero-order valence-electron chi connectivity index (χ0n) is 6.46. The van der Waals surface area contributed by atoms with E-state index in [-0.39, 0.29) is 17.9 Å². The average molecular weight is 156 g/mol. The van der Waals surface area contributed by atoms with Crippen molar-refractivity contribution in [3.05, 3.63) is 0 Å². The number of nitrogens with one attached hydrogen (secondary N) is 2. The van der Waals surface area contributed by atoms with Crippen LogP contribution in [0.4, 0.5) is 0 Å².